The summed E-state index contributed by atoms with van der Waals surface area (Å²) in [6.45, 7) is 1.22. The maximum absolute atomic E-state index is 12.3. The molecular weight excluding hydrogens is 610 g/mol. The lowest BCUT2D eigenvalue weighted by Crippen LogP contribution is -2.38. The average Bonchev–Trinajstić information content (AvgIpc) is 3.59. The smallest absolute Gasteiger partial charge is 0.337 e. The molecule has 3 heterocycles. The molecular formula is C25H32ClN7O9S. The maximum Gasteiger partial charge on any atom is 0.337 e. The van der Waals surface area contributed by atoms with Gasteiger partial charge in [-0.3, -0.25) is 13.9 Å². The summed E-state index contributed by atoms with van der Waals surface area (Å²) in [5.41, 5.74) is -0.388. The van der Waals surface area contributed by atoms with Crippen molar-refractivity contribution < 1.29 is 32.9 Å². The van der Waals surface area contributed by atoms with Crippen LogP contribution in [-0.2, 0) is 37.2 Å². The number of hydrogen-bond donors (Lipinski definition) is 5. The molecule has 4 aromatic rings. The number of nitrogens with two attached hydrogens (primary N) is 1. The number of aliphatic hydroxyl groups excluding tert-OH is 2. The van der Waals surface area contributed by atoms with Gasteiger partial charge in [-0.2, -0.15) is 0 Å². The zero-order chi connectivity index (χ0) is 32.1. The Labute approximate surface area is 250 Å². The number of furan rings is 1. The Morgan fingerprint density at radius 3 is 2.53 bits per heavy atom. The highest BCUT2D eigenvalue weighted by atomic mass is 35.5. The third-order valence-electron chi connectivity index (χ3n) is 6.27. The van der Waals surface area contributed by atoms with Gasteiger partial charge in [0.2, 0.25) is 10.0 Å². The molecule has 0 aliphatic carbocycles. The molecule has 0 aliphatic rings. The van der Waals surface area contributed by atoms with Gasteiger partial charge in [0.1, 0.15) is 10.7 Å². The number of carboxylic acids is 1. The van der Waals surface area contributed by atoms with Crippen molar-refractivity contribution in [1.82, 2.24) is 23.6 Å². The lowest BCUT2D eigenvalue weighted by Gasteiger charge is -2.19. The second kappa shape index (κ2) is 14.0. The van der Waals surface area contributed by atoms with Crippen LogP contribution in [0.2, 0.25) is 5.02 Å². The van der Waals surface area contributed by atoms with Crippen LogP contribution in [0.1, 0.15) is 16.1 Å². The monoisotopic (exact) mass is 641 g/mol. The molecule has 1 aromatic carbocycles. The molecule has 4 rings (SSSR count). The predicted molar refractivity (Wildman–Crippen MR) is 157 cm³/mol. The number of rotatable bonds is 11. The summed E-state index contributed by atoms with van der Waals surface area (Å²) in [6, 6.07) is 5.51. The summed E-state index contributed by atoms with van der Waals surface area (Å²) in [4.78, 5) is 40.8. The molecule has 16 nitrogen and oxygen atoms in total. The van der Waals surface area contributed by atoms with Gasteiger partial charge in [-0.05, 0) is 31.3 Å². The summed E-state index contributed by atoms with van der Waals surface area (Å²) in [7, 11) is 0.638. The van der Waals surface area contributed by atoms with Crippen molar-refractivity contribution >= 4 is 44.4 Å². The van der Waals surface area contributed by atoms with Crippen LogP contribution in [0.15, 0.2) is 55.8 Å². The number of fused-ring (bicyclic) bond motifs is 1. The highest BCUT2D eigenvalue weighted by Crippen LogP contribution is 2.28. The summed E-state index contributed by atoms with van der Waals surface area (Å²) in [5.74, 6) is -0.725. The molecule has 0 amide bonds. The van der Waals surface area contributed by atoms with E-state index in [1.807, 2.05) is 0 Å². The first-order valence-corrected chi connectivity index (χ1v) is 14.5. The number of anilines is 1. The van der Waals surface area contributed by atoms with Crippen molar-refractivity contribution in [2.45, 2.75) is 24.1 Å². The molecule has 1 unspecified atom stereocenters. The quantitative estimate of drug-likeness (QED) is 0.141. The van der Waals surface area contributed by atoms with Crippen LogP contribution in [0.4, 0.5) is 5.69 Å². The number of benzene rings is 1. The van der Waals surface area contributed by atoms with Crippen molar-refractivity contribution in [2.75, 3.05) is 32.1 Å². The fourth-order valence-corrected chi connectivity index (χ4v) is 5.23. The maximum atomic E-state index is 12.3. The number of halogens is 1. The fourth-order valence-electron chi connectivity index (χ4n) is 4.13. The lowest BCUT2D eigenvalue weighted by atomic mass is 10.1. The molecule has 1 atom stereocenters. The van der Waals surface area contributed by atoms with Crippen molar-refractivity contribution in [3.8, 4) is 0 Å². The average molecular weight is 642 g/mol. The summed E-state index contributed by atoms with van der Waals surface area (Å²) in [5, 5.41) is 35.8. The third kappa shape index (κ3) is 8.09. The zero-order valence-electron chi connectivity index (χ0n) is 23.5. The minimum absolute atomic E-state index is 0.0138. The number of carbonyl (C=O) groups is 1. The van der Waals surface area contributed by atoms with E-state index in [1.54, 1.807) is 35.7 Å². The molecule has 0 aliphatic heterocycles. The van der Waals surface area contributed by atoms with Crippen LogP contribution in [0, 0.1) is 0 Å². The summed E-state index contributed by atoms with van der Waals surface area (Å²) < 4.78 is 31.7. The summed E-state index contributed by atoms with van der Waals surface area (Å²) >= 11 is 5.84. The van der Waals surface area contributed by atoms with Crippen molar-refractivity contribution in [3.05, 3.63) is 74.0 Å². The minimum Gasteiger partial charge on any atom is -0.478 e. The second-order valence-electron chi connectivity index (χ2n) is 9.53. The van der Waals surface area contributed by atoms with Crippen molar-refractivity contribution in [3.63, 3.8) is 0 Å². The number of aromatic nitrogens is 4. The Morgan fingerprint density at radius 2 is 1.95 bits per heavy atom. The molecule has 18 heteroatoms. The van der Waals surface area contributed by atoms with Crippen LogP contribution in [0.25, 0.3) is 11.2 Å². The molecule has 3 aromatic heterocycles. The van der Waals surface area contributed by atoms with E-state index in [1.165, 1.54) is 30.3 Å². The fraction of sp³-hybridized carbons (Fsp3) is 0.360. The van der Waals surface area contributed by atoms with E-state index in [-0.39, 0.29) is 41.5 Å². The first kappa shape index (κ1) is 33.5. The third-order valence-corrected chi connectivity index (χ3v) is 7.65. The van der Waals surface area contributed by atoms with Gasteiger partial charge >= 0.3 is 11.7 Å². The Kier molecular flexibility index (Phi) is 10.9. The summed E-state index contributed by atoms with van der Waals surface area (Å²) in [6.07, 6.45) is 2.20. The Hall–Kier alpha value is -4.00. The Morgan fingerprint density at radius 1 is 1.26 bits per heavy atom. The SMILES string of the molecule is CN(CCO)CC(O)Cn1cnc2c1c(=O)n(C)c(=O)n2C.NS(=O)(=O)c1cc(C(=O)O)c(NCc2ccco2)cc1Cl. The first-order chi connectivity index (χ1) is 20.1. The van der Waals surface area contributed by atoms with Crippen LogP contribution in [0.3, 0.4) is 0 Å². The molecule has 0 saturated heterocycles. The molecule has 0 fully saturated rings. The van der Waals surface area contributed by atoms with Gasteiger partial charge in [0, 0.05) is 27.2 Å². The number of aliphatic hydroxyl groups is 2. The Balaban J connectivity index is 0.000000236. The predicted octanol–water partition coefficient (Wildman–Crippen LogP) is -0.391. The van der Waals surface area contributed by atoms with Crippen molar-refractivity contribution in [1.29, 1.82) is 0 Å². The largest absolute Gasteiger partial charge is 0.478 e. The minimum atomic E-state index is -4.11. The van der Waals surface area contributed by atoms with E-state index in [0.717, 1.165) is 10.6 Å². The van der Waals surface area contributed by atoms with Gasteiger partial charge in [0.15, 0.2) is 11.2 Å². The highest BCUT2D eigenvalue weighted by Gasteiger charge is 2.20. The number of imidazole rings is 1. The van der Waals surface area contributed by atoms with Gasteiger partial charge in [-0.1, -0.05) is 11.6 Å². The van der Waals surface area contributed by atoms with E-state index in [4.69, 9.17) is 31.4 Å². The number of likely N-dealkylation sites (N-methyl/N-ethyl adjacent to an activating group) is 1. The second-order valence-corrected chi connectivity index (χ2v) is 11.5. The number of sulfonamides is 1. The van der Waals surface area contributed by atoms with Crippen LogP contribution in [-0.4, -0.2) is 86.1 Å². The number of carboxylic acid groups (broad SMARTS) is 1. The van der Waals surface area contributed by atoms with E-state index < -0.39 is 38.2 Å². The van der Waals surface area contributed by atoms with Crippen LogP contribution >= 0.6 is 11.6 Å². The Bertz CT molecular complexity index is 1820. The molecule has 234 valence electrons. The van der Waals surface area contributed by atoms with Gasteiger partial charge < -0.3 is 34.5 Å². The molecule has 0 saturated carbocycles. The first-order valence-electron chi connectivity index (χ1n) is 12.6. The van der Waals surface area contributed by atoms with Crippen molar-refractivity contribution in [2.24, 2.45) is 19.2 Å². The lowest BCUT2D eigenvalue weighted by molar-refractivity contribution is 0.0697. The molecule has 0 radical (unpaired) electrons. The van der Waals surface area contributed by atoms with E-state index in [0.29, 0.717) is 24.5 Å². The molecule has 6 N–H and O–H groups in total. The van der Waals surface area contributed by atoms with Gasteiger partial charge in [-0.25, -0.2) is 28.1 Å². The standard InChI is InChI=1S/C13H21N5O4.C12H11ClN2O5S/c1-15(4-5-19)6-9(20)7-18-8-14-11-10(18)12(21)17(3)13(22)16(11)2;13-9-5-10(15-6-7-2-1-3-20-7)8(12(16)17)4-11(9)21(14,18)19/h8-9,19-20H,4-7H2,1-3H3;1-5,15H,6H2,(H,16,17)(H2,14,18,19). The van der Waals surface area contributed by atoms with Gasteiger partial charge in [-0.15, -0.1) is 0 Å². The molecule has 0 spiro atoms. The van der Waals surface area contributed by atoms with Crippen LogP contribution in [0.5, 0.6) is 0 Å². The van der Waals surface area contributed by atoms with E-state index in [9.17, 15) is 27.9 Å². The van der Waals surface area contributed by atoms with Gasteiger partial charge in [0.05, 0.1) is 54.7 Å². The zero-order valence-corrected chi connectivity index (χ0v) is 25.0. The number of hydrogen-bond acceptors (Lipinski definition) is 11. The van der Waals surface area contributed by atoms with Gasteiger partial charge in [0.25, 0.3) is 5.56 Å². The van der Waals surface area contributed by atoms with E-state index in [2.05, 4.69) is 10.3 Å². The number of aryl methyl sites for hydroxylation is 1. The number of nitrogens with one attached hydrogen (secondary N) is 1. The number of nitrogens with zero attached hydrogens (tertiary/aromatic N) is 5. The molecule has 43 heavy (non-hydrogen) atoms. The van der Waals surface area contributed by atoms with Crippen LogP contribution < -0.4 is 21.7 Å². The van der Waals surface area contributed by atoms with E-state index >= 15 is 0 Å². The number of primary sulfonamides is 1. The highest BCUT2D eigenvalue weighted by molar-refractivity contribution is 7.89. The topological polar surface area (TPSA) is 228 Å². The number of aromatic carboxylic acids is 1. The molecule has 0 bridgehead atoms. The normalized spacial score (nSPS) is 12.3.